The molecule has 1 N–H and O–H groups in total. The second-order valence-electron chi connectivity index (χ2n) is 4.33. The molecule has 1 aromatic carbocycles. The number of hydrogen-bond donors (Lipinski definition) is 1. The molecule has 0 aliphatic rings. The number of rotatable bonds is 4. The summed E-state index contributed by atoms with van der Waals surface area (Å²) in [6.45, 7) is 3.64. The van der Waals surface area contributed by atoms with Crippen LogP contribution in [0.15, 0.2) is 30.3 Å². The molecule has 1 aromatic heterocycles. The molecule has 0 bridgehead atoms. The monoisotopic (exact) mass is 245 g/mol. The smallest absolute Gasteiger partial charge is 0.214 e. The van der Waals surface area contributed by atoms with Gasteiger partial charge >= 0.3 is 0 Å². The molecular formula is C13H15N3O2. The Morgan fingerprint density at radius 2 is 2.00 bits per heavy atom. The quantitative estimate of drug-likeness (QED) is 0.664. The Morgan fingerprint density at radius 3 is 2.50 bits per heavy atom. The van der Waals surface area contributed by atoms with Crippen LogP contribution < -0.4 is 0 Å². The molecule has 1 heterocycles. The van der Waals surface area contributed by atoms with Crippen LogP contribution in [0, 0.1) is 24.0 Å². The molecule has 0 radical (unpaired) electrons. The van der Waals surface area contributed by atoms with Crippen LogP contribution in [0.4, 0.5) is 0 Å². The number of H-pyrrole nitrogens is 1. The minimum absolute atomic E-state index is 0.120. The van der Waals surface area contributed by atoms with Crippen LogP contribution in [-0.4, -0.2) is 21.7 Å². The van der Waals surface area contributed by atoms with Crippen molar-refractivity contribution in [1.29, 1.82) is 0 Å². The number of nitro groups is 1. The van der Waals surface area contributed by atoms with Gasteiger partial charge in [0, 0.05) is 16.2 Å². The van der Waals surface area contributed by atoms with Crippen molar-refractivity contribution in [2.75, 3.05) is 6.54 Å². The van der Waals surface area contributed by atoms with Crippen molar-refractivity contribution in [2.24, 2.45) is 0 Å². The summed E-state index contributed by atoms with van der Waals surface area (Å²) in [5.41, 5.74) is 3.59. The molecule has 0 aliphatic carbocycles. The molecule has 0 aliphatic heterocycles. The van der Waals surface area contributed by atoms with Gasteiger partial charge in [-0.05, 0) is 19.4 Å². The van der Waals surface area contributed by atoms with E-state index in [-0.39, 0.29) is 17.4 Å². The Kier molecular flexibility index (Phi) is 3.41. The van der Waals surface area contributed by atoms with Crippen LogP contribution >= 0.6 is 0 Å². The average Bonchev–Trinajstić information content (AvgIpc) is 2.67. The molecule has 94 valence electrons. The highest BCUT2D eigenvalue weighted by atomic mass is 16.6. The minimum Gasteiger partial charge on any atom is -0.282 e. The molecule has 0 unspecified atom stereocenters. The number of benzene rings is 1. The SMILES string of the molecule is Cc1n[nH]c(C)c1[C@@H](C[N+](=O)[O-])c1ccccc1. The lowest BCUT2D eigenvalue weighted by Crippen LogP contribution is -2.15. The summed E-state index contributed by atoms with van der Waals surface area (Å²) in [5.74, 6) is -0.250. The van der Waals surface area contributed by atoms with E-state index < -0.39 is 0 Å². The molecule has 0 spiro atoms. The van der Waals surface area contributed by atoms with Crippen LogP contribution in [0.2, 0.25) is 0 Å². The fourth-order valence-electron chi connectivity index (χ4n) is 2.27. The van der Waals surface area contributed by atoms with Crippen LogP contribution in [0.3, 0.4) is 0 Å². The fourth-order valence-corrected chi connectivity index (χ4v) is 2.27. The first-order valence-corrected chi connectivity index (χ1v) is 5.77. The lowest BCUT2D eigenvalue weighted by atomic mass is 9.90. The maximum Gasteiger partial charge on any atom is 0.214 e. The van der Waals surface area contributed by atoms with Crippen LogP contribution in [0.1, 0.15) is 28.4 Å². The first-order chi connectivity index (χ1) is 8.59. The minimum atomic E-state index is -0.274. The molecule has 0 fully saturated rings. The Bertz CT molecular complexity index is 529. The Balaban J connectivity index is 2.47. The summed E-state index contributed by atoms with van der Waals surface area (Å²) < 4.78 is 0. The van der Waals surface area contributed by atoms with Crippen molar-refractivity contribution in [3.63, 3.8) is 0 Å². The van der Waals surface area contributed by atoms with Gasteiger partial charge in [-0.3, -0.25) is 15.2 Å². The third-order valence-electron chi connectivity index (χ3n) is 3.07. The van der Waals surface area contributed by atoms with Gasteiger partial charge in [-0.25, -0.2) is 0 Å². The Morgan fingerprint density at radius 1 is 1.33 bits per heavy atom. The van der Waals surface area contributed by atoms with Gasteiger partial charge < -0.3 is 0 Å². The highest BCUT2D eigenvalue weighted by molar-refractivity contribution is 5.37. The lowest BCUT2D eigenvalue weighted by molar-refractivity contribution is -0.481. The standard InChI is InChI=1S/C13H15N3O2/c1-9-13(10(2)15-14-9)12(8-16(17)18)11-6-4-3-5-7-11/h3-7,12H,8H2,1-2H3,(H,14,15)/t12-/m0/s1. The maximum atomic E-state index is 10.9. The van der Waals surface area contributed by atoms with E-state index in [1.807, 2.05) is 44.2 Å². The summed E-state index contributed by atoms with van der Waals surface area (Å²) in [6, 6.07) is 9.53. The predicted molar refractivity (Wildman–Crippen MR) is 68.2 cm³/mol. The maximum absolute atomic E-state index is 10.9. The van der Waals surface area contributed by atoms with Crippen molar-refractivity contribution in [2.45, 2.75) is 19.8 Å². The lowest BCUT2D eigenvalue weighted by Gasteiger charge is -2.13. The molecule has 0 amide bonds. The molecule has 0 saturated carbocycles. The summed E-state index contributed by atoms with van der Waals surface area (Å²) in [5, 5.41) is 17.9. The molecule has 0 saturated heterocycles. The fraction of sp³-hybridized carbons (Fsp3) is 0.308. The molecule has 1 atom stereocenters. The largest absolute Gasteiger partial charge is 0.282 e. The number of hydrogen-bond acceptors (Lipinski definition) is 3. The summed E-state index contributed by atoms with van der Waals surface area (Å²) in [7, 11) is 0. The average molecular weight is 245 g/mol. The van der Waals surface area contributed by atoms with E-state index in [4.69, 9.17) is 0 Å². The van der Waals surface area contributed by atoms with Crippen molar-refractivity contribution < 1.29 is 4.92 Å². The van der Waals surface area contributed by atoms with E-state index in [0.717, 1.165) is 22.5 Å². The van der Waals surface area contributed by atoms with Gasteiger partial charge in [0.15, 0.2) is 0 Å². The van der Waals surface area contributed by atoms with Gasteiger partial charge in [-0.2, -0.15) is 5.10 Å². The first kappa shape index (κ1) is 12.3. The van der Waals surface area contributed by atoms with E-state index in [1.54, 1.807) is 0 Å². The topological polar surface area (TPSA) is 71.8 Å². The van der Waals surface area contributed by atoms with Crippen LogP contribution in [-0.2, 0) is 0 Å². The third kappa shape index (κ3) is 2.40. The summed E-state index contributed by atoms with van der Waals surface area (Å²) >= 11 is 0. The van der Waals surface area contributed by atoms with Crippen molar-refractivity contribution >= 4 is 0 Å². The zero-order valence-corrected chi connectivity index (χ0v) is 10.4. The van der Waals surface area contributed by atoms with Crippen LogP contribution in [0.25, 0.3) is 0 Å². The second-order valence-corrected chi connectivity index (χ2v) is 4.33. The Labute approximate surface area is 105 Å². The van der Waals surface area contributed by atoms with Gasteiger partial charge in [-0.1, -0.05) is 30.3 Å². The molecular weight excluding hydrogens is 230 g/mol. The molecule has 5 nitrogen and oxygen atoms in total. The highest BCUT2D eigenvalue weighted by Gasteiger charge is 2.25. The van der Waals surface area contributed by atoms with E-state index in [9.17, 15) is 10.1 Å². The third-order valence-corrected chi connectivity index (χ3v) is 3.07. The van der Waals surface area contributed by atoms with E-state index in [0.29, 0.717) is 0 Å². The molecule has 2 rings (SSSR count). The number of aromatic nitrogens is 2. The zero-order chi connectivity index (χ0) is 13.1. The number of nitrogens with zero attached hydrogens (tertiary/aromatic N) is 2. The second kappa shape index (κ2) is 5.00. The van der Waals surface area contributed by atoms with E-state index in [1.165, 1.54) is 0 Å². The Hall–Kier alpha value is -2.17. The van der Waals surface area contributed by atoms with Crippen molar-refractivity contribution in [3.05, 3.63) is 63.0 Å². The number of nitrogens with one attached hydrogen (secondary N) is 1. The predicted octanol–water partition coefficient (Wildman–Crippen LogP) is 2.44. The van der Waals surface area contributed by atoms with Crippen molar-refractivity contribution in [1.82, 2.24) is 10.2 Å². The molecule has 5 heteroatoms. The van der Waals surface area contributed by atoms with Crippen molar-refractivity contribution in [3.8, 4) is 0 Å². The zero-order valence-electron chi connectivity index (χ0n) is 10.4. The number of aryl methyl sites for hydroxylation is 2. The van der Waals surface area contributed by atoms with Gasteiger partial charge in [0.2, 0.25) is 6.54 Å². The van der Waals surface area contributed by atoms with Crippen LogP contribution in [0.5, 0.6) is 0 Å². The molecule has 18 heavy (non-hydrogen) atoms. The highest BCUT2D eigenvalue weighted by Crippen LogP contribution is 2.28. The normalized spacial score (nSPS) is 12.3. The van der Waals surface area contributed by atoms with Gasteiger partial charge in [0.1, 0.15) is 0 Å². The van der Waals surface area contributed by atoms with Gasteiger partial charge in [0.05, 0.1) is 11.6 Å². The summed E-state index contributed by atoms with van der Waals surface area (Å²) in [6.07, 6.45) is 0. The van der Waals surface area contributed by atoms with E-state index >= 15 is 0 Å². The van der Waals surface area contributed by atoms with E-state index in [2.05, 4.69) is 10.2 Å². The number of aromatic amines is 1. The van der Waals surface area contributed by atoms with Gasteiger partial charge in [-0.15, -0.1) is 0 Å². The summed E-state index contributed by atoms with van der Waals surface area (Å²) in [4.78, 5) is 10.6. The first-order valence-electron chi connectivity index (χ1n) is 5.77. The molecule has 2 aromatic rings. The van der Waals surface area contributed by atoms with Gasteiger partial charge in [0.25, 0.3) is 0 Å².